The number of nitrogens with one attached hydrogen (secondary N) is 2. The van der Waals surface area contributed by atoms with Gasteiger partial charge in [-0.1, -0.05) is 31.7 Å². The second kappa shape index (κ2) is 10.5. The van der Waals surface area contributed by atoms with Gasteiger partial charge in [0.25, 0.3) is 5.91 Å². The van der Waals surface area contributed by atoms with Crippen LogP contribution >= 0.6 is 0 Å². The zero-order chi connectivity index (χ0) is 23.3. The molecule has 2 amide bonds. The summed E-state index contributed by atoms with van der Waals surface area (Å²) in [5.41, 5.74) is 1.52. The second-order valence-corrected chi connectivity index (χ2v) is 10.8. The van der Waals surface area contributed by atoms with Gasteiger partial charge in [0.15, 0.2) is 0 Å². The van der Waals surface area contributed by atoms with Gasteiger partial charge in [-0.05, 0) is 68.1 Å². The molecule has 1 saturated heterocycles. The Labute approximate surface area is 195 Å². The molecule has 2 aromatic carbocycles. The summed E-state index contributed by atoms with van der Waals surface area (Å²) < 4.78 is 27.1. The van der Waals surface area contributed by atoms with Gasteiger partial charge in [-0.3, -0.25) is 9.59 Å². The lowest BCUT2D eigenvalue weighted by atomic mass is 9.88. The highest BCUT2D eigenvalue weighted by Gasteiger charge is 2.26. The van der Waals surface area contributed by atoms with Crippen molar-refractivity contribution in [3.05, 3.63) is 54.1 Å². The van der Waals surface area contributed by atoms with Crippen molar-refractivity contribution in [2.75, 3.05) is 23.7 Å². The minimum absolute atomic E-state index is 0.0118. The summed E-state index contributed by atoms with van der Waals surface area (Å²) in [6, 6.07) is 13.1. The summed E-state index contributed by atoms with van der Waals surface area (Å²) >= 11 is 0. The molecule has 2 fully saturated rings. The highest BCUT2D eigenvalue weighted by atomic mass is 32.2. The highest BCUT2D eigenvalue weighted by molar-refractivity contribution is 7.89. The van der Waals surface area contributed by atoms with Crippen LogP contribution in [-0.2, 0) is 14.8 Å². The maximum atomic E-state index is 12.8. The molecule has 8 heteroatoms. The number of benzene rings is 2. The summed E-state index contributed by atoms with van der Waals surface area (Å²) in [4.78, 5) is 25.5. The van der Waals surface area contributed by atoms with Crippen molar-refractivity contribution in [2.45, 2.75) is 56.3 Å². The molecular formula is C25H31N3O4S. The van der Waals surface area contributed by atoms with Gasteiger partial charge in [-0.25, -0.2) is 8.42 Å². The molecule has 1 heterocycles. The molecule has 1 aliphatic heterocycles. The van der Waals surface area contributed by atoms with E-state index in [-0.39, 0.29) is 22.6 Å². The molecule has 0 aromatic heterocycles. The number of nitrogens with zero attached hydrogens (tertiary/aromatic N) is 1. The first kappa shape index (κ1) is 23.4. The van der Waals surface area contributed by atoms with Crippen LogP contribution in [0.2, 0.25) is 0 Å². The number of carbonyl (C=O) groups is 2. The number of carbonyl (C=O) groups excluding carboxylic acids is 2. The van der Waals surface area contributed by atoms with E-state index in [1.807, 2.05) is 0 Å². The topological polar surface area (TPSA) is 95.6 Å². The Morgan fingerprint density at radius 1 is 0.788 bits per heavy atom. The normalized spacial score (nSPS) is 17.9. The number of amides is 2. The average Bonchev–Trinajstić information content (AvgIpc) is 2.85. The van der Waals surface area contributed by atoms with E-state index in [2.05, 4.69) is 10.6 Å². The minimum atomic E-state index is -3.51. The van der Waals surface area contributed by atoms with E-state index in [0.717, 1.165) is 44.9 Å². The van der Waals surface area contributed by atoms with E-state index in [1.54, 1.807) is 36.4 Å². The van der Waals surface area contributed by atoms with E-state index in [9.17, 15) is 18.0 Å². The molecule has 0 unspecified atom stereocenters. The van der Waals surface area contributed by atoms with E-state index in [4.69, 9.17) is 0 Å². The Hall–Kier alpha value is -2.71. The zero-order valence-corrected chi connectivity index (χ0v) is 19.6. The molecule has 2 aromatic rings. The zero-order valence-electron chi connectivity index (χ0n) is 18.8. The number of sulfonamides is 1. The number of piperidine rings is 1. The lowest BCUT2D eigenvalue weighted by molar-refractivity contribution is -0.120. The third-order valence-electron chi connectivity index (χ3n) is 6.43. The molecule has 4 rings (SSSR count). The molecule has 2 N–H and O–H groups in total. The second-order valence-electron chi connectivity index (χ2n) is 8.85. The van der Waals surface area contributed by atoms with Crippen molar-refractivity contribution in [1.29, 1.82) is 0 Å². The van der Waals surface area contributed by atoms with Crippen molar-refractivity contribution in [2.24, 2.45) is 5.92 Å². The van der Waals surface area contributed by atoms with Gasteiger partial charge < -0.3 is 10.6 Å². The SMILES string of the molecule is O=C(Nc1ccc(S(=O)(=O)N2CCCCC2)cc1)c1cccc(NC(=O)C2CCCCC2)c1. The van der Waals surface area contributed by atoms with Crippen LogP contribution in [0.25, 0.3) is 0 Å². The Morgan fingerprint density at radius 2 is 1.45 bits per heavy atom. The minimum Gasteiger partial charge on any atom is -0.326 e. The maximum Gasteiger partial charge on any atom is 0.255 e. The van der Waals surface area contributed by atoms with Crippen LogP contribution in [0.1, 0.15) is 61.7 Å². The monoisotopic (exact) mass is 469 g/mol. The molecule has 1 aliphatic carbocycles. The standard InChI is InChI=1S/C25H31N3O4S/c29-24(19-8-3-1-4-9-19)27-22-11-7-10-20(18-22)25(30)26-21-12-14-23(15-13-21)33(31,32)28-16-5-2-6-17-28/h7,10-15,18-19H,1-6,8-9,16-17H2,(H,26,30)(H,27,29). The Balaban J connectivity index is 1.39. The fraction of sp³-hybridized carbons (Fsp3) is 0.440. The van der Waals surface area contributed by atoms with Crippen molar-refractivity contribution in [3.63, 3.8) is 0 Å². The van der Waals surface area contributed by atoms with E-state index >= 15 is 0 Å². The first-order chi connectivity index (χ1) is 15.9. The van der Waals surface area contributed by atoms with Crippen LogP contribution in [0, 0.1) is 5.92 Å². The maximum absolute atomic E-state index is 12.8. The molecule has 2 aliphatic rings. The third-order valence-corrected chi connectivity index (χ3v) is 8.35. The molecule has 33 heavy (non-hydrogen) atoms. The van der Waals surface area contributed by atoms with Crippen molar-refractivity contribution >= 4 is 33.2 Å². The van der Waals surface area contributed by atoms with Crippen LogP contribution in [0.4, 0.5) is 11.4 Å². The Kier molecular flexibility index (Phi) is 7.45. The summed E-state index contributed by atoms with van der Waals surface area (Å²) in [5, 5.41) is 5.74. The summed E-state index contributed by atoms with van der Waals surface area (Å²) in [6.45, 7) is 1.10. The fourth-order valence-corrected chi connectivity index (χ4v) is 6.03. The average molecular weight is 470 g/mol. The van der Waals surface area contributed by atoms with E-state index in [1.165, 1.54) is 22.9 Å². The molecule has 0 radical (unpaired) electrons. The molecule has 0 atom stereocenters. The van der Waals surface area contributed by atoms with Crippen LogP contribution in [0.5, 0.6) is 0 Å². The van der Waals surface area contributed by atoms with Gasteiger partial charge in [0.05, 0.1) is 4.90 Å². The van der Waals surface area contributed by atoms with Gasteiger partial charge in [0.2, 0.25) is 15.9 Å². The van der Waals surface area contributed by atoms with Crippen LogP contribution in [0.15, 0.2) is 53.4 Å². The van der Waals surface area contributed by atoms with Crippen molar-refractivity contribution in [1.82, 2.24) is 4.31 Å². The number of hydrogen-bond donors (Lipinski definition) is 2. The smallest absolute Gasteiger partial charge is 0.255 e. The molecule has 0 bridgehead atoms. The number of anilines is 2. The van der Waals surface area contributed by atoms with Crippen molar-refractivity contribution < 1.29 is 18.0 Å². The first-order valence-corrected chi connectivity index (χ1v) is 13.2. The van der Waals surface area contributed by atoms with Gasteiger partial charge in [-0.2, -0.15) is 4.31 Å². The lowest BCUT2D eigenvalue weighted by Crippen LogP contribution is -2.35. The summed E-state index contributed by atoms with van der Waals surface area (Å²) in [7, 11) is -3.51. The van der Waals surface area contributed by atoms with Gasteiger partial charge in [0.1, 0.15) is 0 Å². The predicted molar refractivity (Wildman–Crippen MR) is 129 cm³/mol. The largest absolute Gasteiger partial charge is 0.326 e. The molecule has 0 spiro atoms. The Morgan fingerprint density at radius 3 is 2.15 bits per heavy atom. The highest BCUT2D eigenvalue weighted by Crippen LogP contribution is 2.26. The summed E-state index contributed by atoms with van der Waals surface area (Å²) in [5.74, 6) is -0.274. The predicted octanol–water partition coefficient (Wildman–Crippen LogP) is 4.63. The quantitative estimate of drug-likeness (QED) is 0.645. The Bertz CT molecular complexity index is 1090. The van der Waals surface area contributed by atoms with Crippen LogP contribution in [-0.4, -0.2) is 37.6 Å². The van der Waals surface area contributed by atoms with Crippen molar-refractivity contribution in [3.8, 4) is 0 Å². The van der Waals surface area contributed by atoms with Crippen LogP contribution in [0.3, 0.4) is 0 Å². The van der Waals surface area contributed by atoms with E-state index < -0.39 is 10.0 Å². The van der Waals surface area contributed by atoms with E-state index in [0.29, 0.717) is 30.0 Å². The number of rotatable bonds is 6. The third kappa shape index (κ3) is 5.81. The summed E-state index contributed by atoms with van der Waals surface area (Å²) in [6.07, 6.45) is 8.00. The molecule has 176 valence electrons. The van der Waals surface area contributed by atoms with Crippen LogP contribution < -0.4 is 10.6 Å². The fourth-order valence-electron chi connectivity index (χ4n) is 4.52. The van der Waals surface area contributed by atoms with Gasteiger partial charge in [0, 0.05) is 35.9 Å². The molecule has 7 nitrogen and oxygen atoms in total. The number of hydrogen-bond acceptors (Lipinski definition) is 4. The van der Waals surface area contributed by atoms with Gasteiger partial charge >= 0.3 is 0 Å². The van der Waals surface area contributed by atoms with Gasteiger partial charge in [-0.15, -0.1) is 0 Å². The first-order valence-electron chi connectivity index (χ1n) is 11.8. The molecular weight excluding hydrogens is 438 g/mol. The lowest BCUT2D eigenvalue weighted by Gasteiger charge is -2.25. The molecule has 1 saturated carbocycles.